The highest BCUT2D eigenvalue weighted by molar-refractivity contribution is 6.27. The van der Waals surface area contributed by atoms with E-state index in [1.165, 1.54) is 0 Å². The molecule has 0 bridgehead atoms. The molecule has 3 heterocycles. The second-order valence-corrected chi connectivity index (χ2v) is 8.30. The van der Waals surface area contributed by atoms with Crippen molar-refractivity contribution in [3.63, 3.8) is 0 Å². The Hall–Kier alpha value is -3.09. The maximum Gasteiger partial charge on any atom is 0.250 e. The van der Waals surface area contributed by atoms with E-state index in [4.69, 9.17) is 21.1 Å². The number of hydrogen-bond acceptors (Lipinski definition) is 5. The Kier molecular flexibility index (Phi) is 5.72. The van der Waals surface area contributed by atoms with Crippen LogP contribution >= 0.6 is 11.6 Å². The number of aromatic nitrogens is 1. The van der Waals surface area contributed by atoms with Gasteiger partial charge in [0.2, 0.25) is 5.56 Å². The van der Waals surface area contributed by atoms with Crippen molar-refractivity contribution in [1.29, 1.82) is 0 Å². The van der Waals surface area contributed by atoms with Gasteiger partial charge in [-0.1, -0.05) is 24.3 Å². The number of benzene rings is 2. The van der Waals surface area contributed by atoms with E-state index in [9.17, 15) is 9.59 Å². The number of carbonyl (C=O) groups is 1. The van der Waals surface area contributed by atoms with Crippen molar-refractivity contribution in [3.05, 3.63) is 75.6 Å². The van der Waals surface area contributed by atoms with E-state index >= 15 is 0 Å². The number of Topliss-reactive ketones (excluding diaryl/α,β-unsaturated/α-hetero) is 1. The number of halogens is 1. The van der Waals surface area contributed by atoms with Crippen LogP contribution in [0.15, 0.2) is 53.3 Å². The number of alkyl halides is 1. The summed E-state index contributed by atoms with van der Waals surface area (Å²) in [5, 5.41) is 0. The first-order chi connectivity index (χ1) is 15.6. The first-order valence-electron chi connectivity index (χ1n) is 10.7. The molecule has 5 rings (SSSR count). The Labute approximate surface area is 190 Å². The van der Waals surface area contributed by atoms with Crippen LogP contribution < -0.4 is 15.2 Å². The number of pyridine rings is 1. The van der Waals surface area contributed by atoms with Gasteiger partial charge in [0.15, 0.2) is 5.78 Å². The zero-order valence-electron chi connectivity index (χ0n) is 17.5. The Bertz CT molecular complexity index is 1230. The van der Waals surface area contributed by atoms with Crippen molar-refractivity contribution in [3.8, 4) is 22.8 Å². The summed E-state index contributed by atoms with van der Waals surface area (Å²) in [5.41, 5.74) is 5.23. The highest BCUT2D eigenvalue weighted by Gasteiger charge is 2.24. The number of ether oxygens (including phenoxy) is 2. The molecule has 1 fully saturated rings. The van der Waals surface area contributed by atoms with Crippen LogP contribution in [0.2, 0.25) is 0 Å². The lowest BCUT2D eigenvalue weighted by molar-refractivity contribution is -0.116. The highest BCUT2D eigenvalue weighted by Crippen LogP contribution is 2.43. The topological polar surface area (TPSA) is 71.6 Å². The standard InChI is InChI=1S/C25H23ClN2O4/c26-15-19(29)11-16-3-2-6-23-21(16)12-17-4-1-5-20(25(17)32-23)22-13-18(14-24(30)27-22)28-7-9-31-10-8-28/h1-6,13-14H,7-12,15H2,(H,27,30). The molecule has 6 nitrogen and oxygen atoms in total. The van der Waals surface area contributed by atoms with Gasteiger partial charge >= 0.3 is 0 Å². The minimum absolute atomic E-state index is 0.00188. The van der Waals surface area contributed by atoms with Crippen molar-refractivity contribution in [2.24, 2.45) is 0 Å². The number of aromatic amines is 1. The minimum Gasteiger partial charge on any atom is -0.456 e. The molecule has 32 heavy (non-hydrogen) atoms. The van der Waals surface area contributed by atoms with E-state index in [-0.39, 0.29) is 17.2 Å². The molecule has 164 valence electrons. The summed E-state index contributed by atoms with van der Waals surface area (Å²) in [7, 11) is 0. The van der Waals surface area contributed by atoms with E-state index in [0.29, 0.717) is 31.7 Å². The van der Waals surface area contributed by atoms with Crippen LogP contribution in [0.3, 0.4) is 0 Å². The van der Waals surface area contributed by atoms with Crippen LogP contribution in [0, 0.1) is 0 Å². The number of para-hydroxylation sites is 1. The Morgan fingerprint density at radius 1 is 1.09 bits per heavy atom. The molecule has 0 saturated carbocycles. The minimum atomic E-state index is -0.153. The summed E-state index contributed by atoms with van der Waals surface area (Å²) in [5.74, 6) is 1.45. The van der Waals surface area contributed by atoms with E-state index in [2.05, 4.69) is 9.88 Å². The molecule has 7 heteroatoms. The summed E-state index contributed by atoms with van der Waals surface area (Å²) >= 11 is 5.72. The number of nitrogens with one attached hydrogen (secondary N) is 1. The van der Waals surface area contributed by atoms with Crippen LogP contribution in [0.5, 0.6) is 11.5 Å². The second-order valence-electron chi connectivity index (χ2n) is 8.03. The van der Waals surface area contributed by atoms with Gasteiger partial charge in [0, 0.05) is 54.4 Å². The van der Waals surface area contributed by atoms with Gasteiger partial charge in [-0.25, -0.2) is 0 Å². The molecule has 0 spiro atoms. The Balaban J connectivity index is 1.53. The molecule has 2 aromatic carbocycles. The molecule has 3 aromatic rings. The first kappa shape index (κ1) is 20.8. The lowest BCUT2D eigenvalue weighted by Crippen LogP contribution is -2.36. The van der Waals surface area contributed by atoms with Gasteiger partial charge in [0.1, 0.15) is 11.5 Å². The van der Waals surface area contributed by atoms with Crippen molar-refractivity contribution in [2.45, 2.75) is 12.8 Å². The molecule has 0 radical (unpaired) electrons. The lowest BCUT2D eigenvalue weighted by Gasteiger charge is -2.29. The fraction of sp³-hybridized carbons (Fsp3) is 0.280. The highest BCUT2D eigenvalue weighted by atomic mass is 35.5. The molecule has 0 unspecified atom stereocenters. The largest absolute Gasteiger partial charge is 0.456 e. The number of hydrogen-bond donors (Lipinski definition) is 1. The van der Waals surface area contributed by atoms with Gasteiger partial charge in [0.05, 0.1) is 24.8 Å². The molecule has 2 aliphatic heterocycles. The number of anilines is 1. The molecule has 2 aliphatic rings. The average molecular weight is 451 g/mol. The SMILES string of the molecule is O=C(CCl)Cc1cccc2c1Cc1cccc(-c3cc(N4CCOCC4)cc(=O)[nH]3)c1O2. The van der Waals surface area contributed by atoms with E-state index in [1.807, 2.05) is 42.5 Å². The van der Waals surface area contributed by atoms with Crippen molar-refractivity contribution in [1.82, 2.24) is 4.98 Å². The molecule has 0 aliphatic carbocycles. The van der Waals surface area contributed by atoms with Crippen LogP contribution in [0.4, 0.5) is 5.69 Å². The van der Waals surface area contributed by atoms with Crippen LogP contribution in [-0.4, -0.2) is 43.0 Å². The fourth-order valence-electron chi connectivity index (χ4n) is 4.37. The number of nitrogens with zero attached hydrogens (tertiary/aromatic N) is 1. The quantitative estimate of drug-likeness (QED) is 0.466. The predicted molar refractivity (Wildman–Crippen MR) is 124 cm³/mol. The lowest BCUT2D eigenvalue weighted by atomic mass is 9.92. The summed E-state index contributed by atoms with van der Waals surface area (Å²) in [6.07, 6.45) is 0.942. The third kappa shape index (κ3) is 4.04. The van der Waals surface area contributed by atoms with Crippen LogP contribution in [0.25, 0.3) is 11.3 Å². The summed E-state index contributed by atoms with van der Waals surface area (Å²) < 4.78 is 11.8. The molecule has 0 atom stereocenters. The number of fused-ring (bicyclic) bond motifs is 2. The van der Waals surface area contributed by atoms with Crippen LogP contribution in [-0.2, 0) is 22.4 Å². The predicted octanol–water partition coefficient (Wildman–Crippen LogP) is 3.93. The number of ketones is 1. The van der Waals surface area contributed by atoms with E-state index in [0.717, 1.165) is 52.5 Å². The molecule has 1 saturated heterocycles. The van der Waals surface area contributed by atoms with Crippen molar-refractivity contribution < 1.29 is 14.3 Å². The van der Waals surface area contributed by atoms with Crippen molar-refractivity contribution >= 4 is 23.1 Å². The monoisotopic (exact) mass is 450 g/mol. The van der Waals surface area contributed by atoms with Gasteiger partial charge < -0.3 is 19.4 Å². The zero-order valence-corrected chi connectivity index (χ0v) is 18.3. The maximum atomic E-state index is 12.5. The first-order valence-corrected chi connectivity index (χ1v) is 11.2. The number of carbonyl (C=O) groups excluding carboxylic acids is 1. The van der Waals surface area contributed by atoms with Gasteiger partial charge in [-0.15, -0.1) is 11.6 Å². The van der Waals surface area contributed by atoms with Crippen LogP contribution in [0.1, 0.15) is 16.7 Å². The summed E-state index contributed by atoms with van der Waals surface area (Å²) in [6, 6.07) is 15.3. The second kappa shape index (κ2) is 8.81. The van der Waals surface area contributed by atoms with E-state index in [1.54, 1.807) is 6.07 Å². The van der Waals surface area contributed by atoms with E-state index < -0.39 is 0 Å². The normalized spacial score (nSPS) is 15.0. The molecular weight excluding hydrogens is 428 g/mol. The number of H-pyrrole nitrogens is 1. The average Bonchev–Trinajstić information content (AvgIpc) is 2.83. The molecule has 1 aromatic heterocycles. The third-order valence-corrected chi connectivity index (χ3v) is 6.24. The number of morpholine rings is 1. The fourth-order valence-corrected chi connectivity index (χ4v) is 4.46. The Morgan fingerprint density at radius 3 is 2.72 bits per heavy atom. The third-order valence-electron chi connectivity index (χ3n) is 5.94. The number of rotatable bonds is 5. The molecule has 0 amide bonds. The van der Waals surface area contributed by atoms with Gasteiger partial charge in [0.25, 0.3) is 0 Å². The zero-order chi connectivity index (χ0) is 22.1. The molecular formula is C25H23ClN2O4. The summed E-state index contributed by atoms with van der Waals surface area (Å²) in [6.45, 7) is 2.81. The van der Waals surface area contributed by atoms with Gasteiger partial charge in [-0.3, -0.25) is 9.59 Å². The summed E-state index contributed by atoms with van der Waals surface area (Å²) in [4.78, 5) is 29.5. The van der Waals surface area contributed by atoms with Gasteiger partial charge in [-0.05, 0) is 23.8 Å². The smallest absolute Gasteiger partial charge is 0.250 e. The maximum absolute atomic E-state index is 12.5. The van der Waals surface area contributed by atoms with Gasteiger partial charge in [-0.2, -0.15) is 0 Å². The molecule has 1 N–H and O–H groups in total. The Morgan fingerprint density at radius 2 is 1.91 bits per heavy atom. The van der Waals surface area contributed by atoms with Crippen molar-refractivity contribution in [2.75, 3.05) is 37.1 Å².